The van der Waals surface area contributed by atoms with Gasteiger partial charge in [-0.15, -0.1) is 11.3 Å². The van der Waals surface area contributed by atoms with Crippen LogP contribution in [0.2, 0.25) is 0 Å². The zero-order valence-corrected chi connectivity index (χ0v) is 14.8. The molecule has 134 valence electrons. The van der Waals surface area contributed by atoms with Gasteiger partial charge in [0.2, 0.25) is 0 Å². The number of benzene rings is 1. The van der Waals surface area contributed by atoms with E-state index >= 15 is 0 Å². The molecular formula is C19H17NO5S. The molecule has 0 saturated heterocycles. The maximum atomic E-state index is 12.4. The summed E-state index contributed by atoms with van der Waals surface area (Å²) in [5, 5.41) is 15.7. The number of hydrogen-bond acceptors (Lipinski definition) is 6. The van der Waals surface area contributed by atoms with Gasteiger partial charge < -0.3 is 19.6 Å². The lowest BCUT2D eigenvalue weighted by atomic mass is 9.98. The van der Waals surface area contributed by atoms with Crippen molar-refractivity contribution < 1.29 is 23.8 Å². The molecule has 1 aromatic carbocycles. The Morgan fingerprint density at radius 2 is 1.88 bits per heavy atom. The Morgan fingerprint density at radius 1 is 1.15 bits per heavy atom. The van der Waals surface area contributed by atoms with Gasteiger partial charge in [-0.05, 0) is 47.8 Å². The second kappa shape index (κ2) is 7.55. The van der Waals surface area contributed by atoms with Crippen molar-refractivity contribution in [1.82, 2.24) is 5.32 Å². The number of carbonyl (C=O) groups excluding carboxylic acids is 2. The van der Waals surface area contributed by atoms with Crippen LogP contribution in [0.25, 0.3) is 0 Å². The molecule has 0 aliphatic carbocycles. The summed E-state index contributed by atoms with van der Waals surface area (Å²) in [6.45, 7) is -0.0569. The average Bonchev–Trinajstić information content (AvgIpc) is 3.39. The molecule has 2 N–H and O–H groups in total. The van der Waals surface area contributed by atoms with E-state index in [1.54, 1.807) is 18.2 Å². The summed E-state index contributed by atoms with van der Waals surface area (Å²) in [5.74, 6) is -0.494. The second-order valence-electron chi connectivity index (χ2n) is 5.57. The first-order valence-electron chi connectivity index (χ1n) is 7.81. The standard InChI is InChI=1S/C19H17NO5S/c1-24-18(22)14-8-6-13(7-9-14)17(21)20-12-19(23,15-4-2-10-25-15)16-5-3-11-26-16/h2-11,23H,12H2,1H3,(H,20,21)/t19-/m0/s1. The van der Waals surface area contributed by atoms with E-state index in [-0.39, 0.29) is 12.5 Å². The molecular weight excluding hydrogens is 354 g/mol. The highest BCUT2D eigenvalue weighted by Gasteiger charge is 2.36. The fourth-order valence-electron chi connectivity index (χ4n) is 2.51. The molecule has 0 aliphatic rings. The summed E-state index contributed by atoms with van der Waals surface area (Å²) in [6, 6.07) is 13.0. The minimum atomic E-state index is -1.46. The molecule has 0 fully saturated rings. The quantitative estimate of drug-likeness (QED) is 0.651. The van der Waals surface area contributed by atoms with Crippen LogP contribution >= 0.6 is 11.3 Å². The zero-order valence-electron chi connectivity index (χ0n) is 14.0. The van der Waals surface area contributed by atoms with Crippen molar-refractivity contribution in [3.63, 3.8) is 0 Å². The van der Waals surface area contributed by atoms with Gasteiger partial charge in [0, 0.05) is 10.4 Å². The molecule has 0 spiro atoms. The number of hydrogen-bond donors (Lipinski definition) is 2. The number of thiophene rings is 1. The lowest BCUT2D eigenvalue weighted by Crippen LogP contribution is -2.41. The second-order valence-corrected chi connectivity index (χ2v) is 6.51. The molecule has 6 nitrogen and oxygen atoms in total. The Bertz CT molecular complexity index is 835. The fourth-order valence-corrected chi connectivity index (χ4v) is 3.34. The third kappa shape index (κ3) is 3.54. The van der Waals surface area contributed by atoms with Crippen molar-refractivity contribution >= 4 is 23.2 Å². The van der Waals surface area contributed by atoms with Gasteiger partial charge in [0.1, 0.15) is 5.76 Å². The summed E-state index contributed by atoms with van der Waals surface area (Å²) in [5.41, 5.74) is -0.736. The van der Waals surface area contributed by atoms with Crippen molar-refractivity contribution in [1.29, 1.82) is 0 Å². The predicted molar refractivity (Wildman–Crippen MR) is 96.1 cm³/mol. The molecule has 0 radical (unpaired) electrons. The van der Waals surface area contributed by atoms with Crippen LogP contribution in [0.5, 0.6) is 0 Å². The lowest BCUT2D eigenvalue weighted by Gasteiger charge is -2.25. The number of ether oxygens (including phenoxy) is 1. The molecule has 1 atom stereocenters. The van der Waals surface area contributed by atoms with Gasteiger partial charge >= 0.3 is 5.97 Å². The summed E-state index contributed by atoms with van der Waals surface area (Å²) in [7, 11) is 1.29. The van der Waals surface area contributed by atoms with E-state index in [0.717, 1.165) is 0 Å². The number of furan rings is 1. The maximum Gasteiger partial charge on any atom is 0.337 e. The third-order valence-electron chi connectivity index (χ3n) is 3.93. The minimum Gasteiger partial charge on any atom is -0.466 e. The topological polar surface area (TPSA) is 88.8 Å². The molecule has 2 aromatic heterocycles. The minimum absolute atomic E-state index is 0.0569. The SMILES string of the molecule is COC(=O)c1ccc(C(=O)NC[C@](O)(c2ccco2)c2cccs2)cc1. The number of amides is 1. The molecule has 0 bridgehead atoms. The van der Waals surface area contributed by atoms with E-state index in [1.807, 2.05) is 11.4 Å². The van der Waals surface area contributed by atoms with Gasteiger partial charge in [-0.1, -0.05) is 6.07 Å². The van der Waals surface area contributed by atoms with E-state index in [9.17, 15) is 14.7 Å². The molecule has 7 heteroatoms. The van der Waals surface area contributed by atoms with E-state index in [2.05, 4.69) is 10.1 Å². The van der Waals surface area contributed by atoms with Crippen LogP contribution in [0.3, 0.4) is 0 Å². The molecule has 26 heavy (non-hydrogen) atoms. The van der Waals surface area contributed by atoms with Crippen LogP contribution < -0.4 is 5.32 Å². The van der Waals surface area contributed by atoms with Crippen LogP contribution in [0.4, 0.5) is 0 Å². The van der Waals surface area contributed by atoms with Crippen molar-refractivity contribution in [2.75, 3.05) is 13.7 Å². The highest BCUT2D eigenvalue weighted by Crippen LogP contribution is 2.32. The van der Waals surface area contributed by atoms with Crippen LogP contribution in [-0.2, 0) is 10.3 Å². The summed E-state index contributed by atoms with van der Waals surface area (Å²) in [4.78, 5) is 24.5. The van der Waals surface area contributed by atoms with E-state index in [0.29, 0.717) is 21.8 Å². The molecule has 3 rings (SSSR count). The fraction of sp³-hybridized carbons (Fsp3) is 0.158. The molecule has 1 amide bonds. The number of aliphatic hydroxyl groups is 1. The third-order valence-corrected chi connectivity index (χ3v) is 4.95. The highest BCUT2D eigenvalue weighted by molar-refractivity contribution is 7.10. The van der Waals surface area contributed by atoms with Crippen LogP contribution in [-0.4, -0.2) is 30.6 Å². The summed E-state index contributed by atoms with van der Waals surface area (Å²) in [6.07, 6.45) is 1.47. The molecule has 0 unspecified atom stereocenters. The van der Waals surface area contributed by atoms with E-state index in [4.69, 9.17) is 4.42 Å². The summed E-state index contributed by atoms with van der Waals surface area (Å²) < 4.78 is 10.00. The largest absolute Gasteiger partial charge is 0.466 e. The first-order valence-corrected chi connectivity index (χ1v) is 8.69. The van der Waals surface area contributed by atoms with Gasteiger partial charge in [-0.3, -0.25) is 4.79 Å². The first-order chi connectivity index (χ1) is 12.5. The van der Waals surface area contributed by atoms with Gasteiger partial charge in [-0.2, -0.15) is 0 Å². The van der Waals surface area contributed by atoms with E-state index < -0.39 is 11.6 Å². The van der Waals surface area contributed by atoms with Gasteiger partial charge in [0.25, 0.3) is 5.91 Å². The van der Waals surface area contributed by atoms with Crippen molar-refractivity contribution in [3.05, 3.63) is 81.9 Å². The normalized spacial score (nSPS) is 13.0. The molecule has 2 heterocycles. The van der Waals surface area contributed by atoms with Gasteiger partial charge in [0.05, 0.1) is 25.5 Å². The Balaban J connectivity index is 1.75. The van der Waals surface area contributed by atoms with Crippen LogP contribution in [0.15, 0.2) is 64.6 Å². The highest BCUT2D eigenvalue weighted by atomic mass is 32.1. The predicted octanol–water partition coefficient (Wildman–Crippen LogP) is 2.79. The Kier molecular flexibility index (Phi) is 5.20. The Labute approximate surface area is 154 Å². The average molecular weight is 371 g/mol. The van der Waals surface area contributed by atoms with Gasteiger partial charge in [0.15, 0.2) is 5.60 Å². The number of esters is 1. The summed E-state index contributed by atoms with van der Waals surface area (Å²) >= 11 is 1.37. The number of carbonyl (C=O) groups is 2. The monoisotopic (exact) mass is 371 g/mol. The number of methoxy groups -OCH3 is 1. The number of nitrogens with one attached hydrogen (secondary N) is 1. The number of rotatable bonds is 6. The van der Waals surface area contributed by atoms with Crippen molar-refractivity contribution in [3.8, 4) is 0 Å². The maximum absolute atomic E-state index is 12.4. The Morgan fingerprint density at radius 3 is 2.46 bits per heavy atom. The Hall–Kier alpha value is -2.90. The lowest BCUT2D eigenvalue weighted by molar-refractivity contribution is 0.0554. The molecule has 0 saturated carbocycles. The van der Waals surface area contributed by atoms with Crippen LogP contribution in [0, 0.1) is 0 Å². The smallest absolute Gasteiger partial charge is 0.337 e. The van der Waals surface area contributed by atoms with E-state index in [1.165, 1.54) is 49.0 Å². The van der Waals surface area contributed by atoms with Crippen molar-refractivity contribution in [2.45, 2.75) is 5.60 Å². The first kappa shape index (κ1) is 17.9. The van der Waals surface area contributed by atoms with Crippen LogP contribution in [0.1, 0.15) is 31.4 Å². The van der Waals surface area contributed by atoms with Gasteiger partial charge in [-0.25, -0.2) is 4.79 Å². The van der Waals surface area contributed by atoms with Crippen molar-refractivity contribution in [2.24, 2.45) is 0 Å². The molecule has 0 aliphatic heterocycles. The zero-order chi connectivity index (χ0) is 18.6. The molecule has 3 aromatic rings.